The standard InChI is InChI=1S/C42H47N11O7/c43-37(57)36-38(46-42(48-47-36)51-16-1-2-29(23-51)52-34(55)11-12-35(52)56)44-27-5-3-25(4-6-27)26-14-17-49(18-15-26)21-24-13-19-50(22-24)28-7-8-30-31(20-28)41(60)53(40(30)59)32-9-10-33(54)45-39(32)58/h3-8,20,24,26,29,32H,1-2,9-19,21-23H2,(H2,43,57)(H,44,46,48)(H,45,54,58)/t24?,29-,32?/m1/s1. The Morgan fingerprint density at radius 3 is 2.25 bits per heavy atom. The lowest BCUT2D eigenvalue weighted by atomic mass is 9.89. The van der Waals surface area contributed by atoms with E-state index in [1.807, 2.05) is 23.1 Å². The van der Waals surface area contributed by atoms with E-state index in [0.29, 0.717) is 42.6 Å². The zero-order valence-corrected chi connectivity index (χ0v) is 33.2. The molecule has 0 aliphatic carbocycles. The molecule has 3 atom stereocenters. The maximum atomic E-state index is 13.4. The third kappa shape index (κ3) is 7.55. The van der Waals surface area contributed by atoms with Gasteiger partial charge in [0.1, 0.15) is 6.04 Å². The molecule has 3 aromatic rings. The van der Waals surface area contributed by atoms with E-state index in [0.717, 1.165) is 69.0 Å². The van der Waals surface area contributed by atoms with Crippen LogP contribution in [0.1, 0.15) is 100 Å². The van der Waals surface area contributed by atoms with Crippen molar-refractivity contribution in [2.45, 2.75) is 75.8 Å². The maximum absolute atomic E-state index is 13.4. The molecule has 2 aromatic carbocycles. The molecule has 0 spiro atoms. The first kappa shape index (κ1) is 39.2. The quantitative estimate of drug-likeness (QED) is 0.249. The number of likely N-dealkylation sites (tertiary alicyclic amines) is 2. The molecule has 7 amide bonds. The van der Waals surface area contributed by atoms with Crippen LogP contribution >= 0.6 is 0 Å². The van der Waals surface area contributed by atoms with Crippen LogP contribution in [-0.4, -0.2) is 129 Å². The summed E-state index contributed by atoms with van der Waals surface area (Å²) in [5, 5.41) is 13.7. The van der Waals surface area contributed by atoms with E-state index < -0.39 is 35.6 Å². The van der Waals surface area contributed by atoms with Crippen molar-refractivity contribution in [3.05, 3.63) is 64.8 Å². The molecular formula is C42H47N11O7. The van der Waals surface area contributed by atoms with Gasteiger partial charge in [0.25, 0.3) is 17.7 Å². The average molecular weight is 818 g/mol. The highest BCUT2D eigenvalue weighted by molar-refractivity contribution is 6.23. The van der Waals surface area contributed by atoms with Crippen molar-refractivity contribution in [2.24, 2.45) is 11.7 Å². The number of rotatable bonds is 10. The van der Waals surface area contributed by atoms with Gasteiger partial charge in [-0.1, -0.05) is 12.1 Å². The lowest BCUT2D eigenvalue weighted by Gasteiger charge is -2.36. The summed E-state index contributed by atoms with van der Waals surface area (Å²) in [6, 6.07) is 12.2. The summed E-state index contributed by atoms with van der Waals surface area (Å²) < 4.78 is 0. The maximum Gasteiger partial charge on any atom is 0.273 e. The topological polar surface area (TPSA) is 224 Å². The van der Waals surface area contributed by atoms with Gasteiger partial charge in [0.15, 0.2) is 11.5 Å². The lowest BCUT2D eigenvalue weighted by molar-refractivity contribution is -0.141. The monoisotopic (exact) mass is 817 g/mol. The second-order valence-corrected chi connectivity index (χ2v) is 16.7. The number of imide groups is 3. The van der Waals surface area contributed by atoms with Crippen molar-refractivity contribution in [2.75, 3.05) is 60.9 Å². The molecule has 0 radical (unpaired) electrons. The second-order valence-electron chi connectivity index (χ2n) is 16.7. The van der Waals surface area contributed by atoms with Crippen molar-refractivity contribution in [1.82, 2.24) is 35.2 Å². The number of anilines is 4. The Balaban J connectivity index is 0.774. The number of fused-ring (bicyclic) bond motifs is 1. The van der Waals surface area contributed by atoms with E-state index in [9.17, 15) is 33.6 Å². The van der Waals surface area contributed by atoms with Crippen molar-refractivity contribution in [1.29, 1.82) is 0 Å². The molecular weight excluding hydrogens is 771 g/mol. The van der Waals surface area contributed by atoms with E-state index in [4.69, 9.17) is 5.73 Å². The summed E-state index contributed by atoms with van der Waals surface area (Å²) in [6.07, 6.45) is 5.19. The molecule has 5 fully saturated rings. The number of piperidine rings is 3. The van der Waals surface area contributed by atoms with Crippen LogP contribution in [0, 0.1) is 5.92 Å². The average Bonchev–Trinajstić information content (AvgIpc) is 3.93. The number of benzene rings is 2. The number of primary amides is 1. The van der Waals surface area contributed by atoms with Crippen LogP contribution in [0.2, 0.25) is 0 Å². The molecule has 6 aliphatic rings. The number of nitrogens with one attached hydrogen (secondary N) is 2. The predicted octanol–water partition coefficient (Wildman–Crippen LogP) is 1.94. The summed E-state index contributed by atoms with van der Waals surface area (Å²) in [7, 11) is 0. The van der Waals surface area contributed by atoms with Gasteiger partial charge in [-0.2, -0.15) is 4.98 Å². The highest BCUT2D eigenvalue weighted by Crippen LogP contribution is 2.35. The minimum Gasteiger partial charge on any atom is -0.371 e. The van der Waals surface area contributed by atoms with Crippen molar-refractivity contribution in [3.8, 4) is 0 Å². The third-order valence-corrected chi connectivity index (χ3v) is 12.9. The molecule has 7 heterocycles. The van der Waals surface area contributed by atoms with Crippen LogP contribution in [0.4, 0.5) is 23.1 Å². The minimum absolute atomic E-state index is 0.0821. The Labute approximate surface area is 345 Å². The van der Waals surface area contributed by atoms with E-state index in [1.54, 1.807) is 12.1 Å². The van der Waals surface area contributed by atoms with Crippen LogP contribution < -0.4 is 26.2 Å². The van der Waals surface area contributed by atoms with E-state index >= 15 is 0 Å². The molecule has 60 heavy (non-hydrogen) atoms. The Morgan fingerprint density at radius 1 is 0.767 bits per heavy atom. The molecule has 312 valence electrons. The van der Waals surface area contributed by atoms with Gasteiger partial charge < -0.3 is 25.8 Å². The first-order valence-electron chi connectivity index (χ1n) is 20.8. The van der Waals surface area contributed by atoms with Crippen LogP contribution in [0.25, 0.3) is 0 Å². The van der Waals surface area contributed by atoms with Crippen molar-refractivity contribution in [3.63, 3.8) is 0 Å². The summed E-state index contributed by atoms with van der Waals surface area (Å²) in [5.41, 5.74) is 8.97. The zero-order chi connectivity index (χ0) is 41.7. The Kier molecular flexibility index (Phi) is 10.5. The van der Waals surface area contributed by atoms with Crippen LogP contribution in [0.5, 0.6) is 0 Å². The fourth-order valence-corrected chi connectivity index (χ4v) is 9.71. The fourth-order valence-electron chi connectivity index (χ4n) is 9.71. The Hall–Kier alpha value is -6.30. The van der Waals surface area contributed by atoms with Crippen LogP contribution in [0.3, 0.4) is 0 Å². The molecule has 6 aliphatic heterocycles. The molecule has 18 heteroatoms. The molecule has 9 rings (SSSR count). The largest absolute Gasteiger partial charge is 0.371 e. The Bertz CT molecular complexity index is 2260. The van der Waals surface area contributed by atoms with E-state index in [-0.39, 0.29) is 66.6 Å². The summed E-state index contributed by atoms with van der Waals surface area (Å²) >= 11 is 0. The zero-order valence-electron chi connectivity index (χ0n) is 33.2. The molecule has 4 N–H and O–H groups in total. The first-order valence-corrected chi connectivity index (χ1v) is 20.8. The molecule has 18 nitrogen and oxygen atoms in total. The number of nitrogens with two attached hydrogens (primary N) is 1. The van der Waals surface area contributed by atoms with E-state index in [2.05, 4.69) is 47.7 Å². The Morgan fingerprint density at radius 2 is 1.52 bits per heavy atom. The van der Waals surface area contributed by atoms with Crippen LogP contribution in [-0.2, 0) is 19.2 Å². The lowest BCUT2D eigenvalue weighted by Crippen LogP contribution is -2.54. The highest BCUT2D eigenvalue weighted by atomic mass is 16.2. The summed E-state index contributed by atoms with van der Waals surface area (Å²) in [5.74, 6) is -1.75. The third-order valence-electron chi connectivity index (χ3n) is 12.9. The number of hydrogen-bond acceptors (Lipinski definition) is 14. The molecule has 1 aromatic heterocycles. The number of hydrogen-bond donors (Lipinski definition) is 3. The first-order chi connectivity index (χ1) is 29.0. The number of nitrogens with zero attached hydrogens (tertiary/aromatic N) is 8. The minimum atomic E-state index is -0.985. The van der Waals surface area contributed by atoms with Gasteiger partial charge in [-0.05, 0) is 99.3 Å². The van der Waals surface area contributed by atoms with Gasteiger partial charge in [0.2, 0.25) is 29.6 Å². The van der Waals surface area contributed by atoms with Crippen molar-refractivity contribution < 1.29 is 33.6 Å². The second kappa shape index (κ2) is 16.0. The normalized spacial score (nSPS) is 24.1. The molecule has 2 unspecified atom stereocenters. The predicted molar refractivity (Wildman–Crippen MR) is 216 cm³/mol. The highest BCUT2D eigenvalue weighted by Gasteiger charge is 2.45. The number of amides is 7. The summed E-state index contributed by atoms with van der Waals surface area (Å²) in [6.45, 7) is 5.61. The fraction of sp³-hybridized carbons (Fsp3) is 0.476. The van der Waals surface area contributed by atoms with Gasteiger partial charge in [-0.25, -0.2) is 0 Å². The molecule has 0 saturated carbocycles. The van der Waals surface area contributed by atoms with E-state index in [1.165, 1.54) is 10.5 Å². The van der Waals surface area contributed by atoms with Gasteiger partial charge in [-0.15, -0.1) is 10.2 Å². The van der Waals surface area contributed by atoms with Gasteiger partial charge >= 0.3 is 0 Å². The number of carbonyl (C=O) groups excluding carboxylic acids is 7. The van der Waals surface area contributed by atoms with Gasteiger partial charge in [-0.3, -0.25) is 48.7 Å². The summed E-state index contributed by atoms with van der Waals surface area (Å²) in [4.78, 5) is 101. The smallest absolute Gasteiger partial charge is 0.273 e. The SMILES string of the molecule is NC(=O)c1nnc(N2CCC[C@@H](N3C(=O)CCC3=O)C2)nc1Nc1ccc(C2CCN(CC3CCN(c4ccc5c(c4)C(=O)N(C4CCC(=O)NC4=O)C5=O)C3)CC2)cc1. The van der Waals surface area contributed by atoms with Crippen LogP contribution in [0.15, 0.2) is 42.5 Å². The van der Waals surface area contributed by atoms with Gasteiger partial charge in [0.05, 0.1) is 17.2 Å². The van der Waals surface area contributed by atoms with Crippen molar-refractivity contribution >= 4 is 64.5 Å². The van der Waals surface area contributed by atoms with Gasteiger partial charge in [0, 0.05) is 63.4 Å². The molecule has 0 bridgehead atoms. The number of carbonyl (C=O) groups is 7. The molecule has 5 saturated heterocycles. The number of aromatic nitrogens is 3.